The molecule has 114 valence electrons. The van der Waals surface area contributed by atoms with Crippen LogP contribution in [0.2, 0.25) is 0 Å². The Hall–Kier alpha value is -1.50. The van der Waals surface area contributed by atoms with Gasteiger partial charge >= 0.3 is 0 Å². The molecule has 0 aliphatic carbocycles. The molecule has 0 aromatic carbocycles. The van der Waals surface area contributed by atoms with Gasteiger partial charge in [0.1, 0.15) is 6.04 Å². The molecule has 1 amide bonds. The lowest BCUT2D eigenvalue weighted by Crippen LogP contribution is -2.49. The van der Waals surface area contributed by atoms with E-state index in [-0.39, 0.29) is 11.9 Å². The Kier molecular flexibility index (Phi) is 4.48. The number of thioether (sulfide) groups is 1. The number of nitrogens with zero attached hydrogens (tertiary/aromatic N) is 4. The van der Waals surface area contributed by atoms with E-state index >= 15 is 0 Å². The fourth-order valence-corrected chi connectivity index (χ4v) is 3.74. The van der Waals surface area contributed by atoms with Gasteiger partial charge in [-0.25, -0.2) is 4.98 Å². The summed E-state index contributed by atoms with van der Waals surface area (Å²) in [6, 6.07) is 1.60. The molecule has 7 heteroatoms. The summed E-state index contributed by atoms with van der Waals surface area (Å²) in [4.78, 5) is 25.4. The van der Waals surface area contributed by atoms with Crippen LogP contribution in [0.25, 0.3) is 0 Å². The summed E-state index contributed by atoms with van der Waals surface area (Å²) < 4.78 is 5.15. The number of ether oxygens (including phenoxy) is 1. The molecule has 21 heavy (non-hydrogen) atoms. The van der Waals surface area contributed by atoms with Crippen molar-refractivity contribution < 1.29 is 9.53 Å². The van der Waals surface area contributed by atoms with Gasteiger partial charge in [-0.3, -0.25) is 4.79 Å². The van der Waals surface area contributed by atoms with Crippen molar-refractivity contribution in [2.24, 2.45) is 0 Å². The predicted molar refractivity (Wildman–Crippen MR) is 82.9 cm³/mol. The highest BCUT2D eigenvalue weighted by Crippen LogP contribution is 2.25. The molecular formula is C14H20N4O2S. The molecule has 3 heterocycles. The largest absolute Gasteiger partial charge is 0.481 e. The number of rotatable bonds is 3. The van der Waals surface area contributed by atoms with E-state index in [4.69, 9.17) is 4.74 Å². The maximum atomic E-state index is 12.7. The van der Waals surface area contributed by atoms with Crippen LogP contribution in [0, 0.1) is 0 Å². The van der Waals surface area contributed by atoms with E-state index in [2.05, 4.69) is 9.97 Å². The number of methoxy groups -OCH3 is 1. The van der Waals surface area contributed by atoms with Gasteiger partial charge in [0.25, 0.3) is 0 Å². The van der Waals surface area contributed by atoms with Crippen molar-refractivity contribution in [1.29, 1.82) is 0 Å². The van der Waals surface area contributed by atoms with Crippen LogP contribution >= 0.6 is 11.8 Å². The topological polar surface area (TPSA) is 58.6 Å². The van der Waals surface area contributed by atoms with Crippen molar-refractivity contribution in [2.45, 2.75) is 18.9 Å². The third-order valence-corrected chi connectivity index (χ3v) is 4.89. The Morgan fingerprint density at radius 2 is 2.19 bits per heavy atom. The molecule has 0 unspecified atom stereocenters. The molecule has 1 aromatic heterocycles. The summed E-state index contributed by atoms with van der Waals surface area (Å²) in [5, 5.41) is 0. The minimum Gasteiger partial charge on any atom is -0.481 e. The first-order chi connectivity index (χ1) is 10.3. The zero-order valence-electron chi connectivity index (χ0n) is 12.2. The minimum atomic E-state index is -0.125. The van der Waals surface area contributed by atoms with Gasteiger partial charge in [0, 0.05) is 43.4 Å². The summed E-state index contributed by atoms with van der Waals surface area (Å²) in [5.74, 6) is 3.42. The van der Waals surface area contributed by atoms with Gasteiger partial charge < -0.3 is 14.5 Å². The second-order valence-corrected chi connectivity index (χ2v) is 6.41. The lowest BCUT2D eigenvalue weighted by atomic mass is 10.2. The lowest BCUT2D eigenvalue weighted by Gasteiger charge is -2.32. The summed E-state index contributed by atoms with van der Waals surface area (Å²) >= 11 is 1.91. The Morgan fingerprint density at radius 3 is 2.95 bits per heavy atom. The van der Waals surface area contributed by atoms with E-state index in [0.29, 0.717) is 11.8 Å². The second-order valence-electron chi connectivity index (χ2n) is 5.19. The van der Waals surface area contributed by atoms with Gasteiger partial charge in [0.2, 0.25) is 17.7 Å². The van der Waals surface area contributed by atoms with E-state index in [1.165, 1.54) is 0 Å². The third-order valence-electron chi connectivity index (χ3n) is 3.94. The van der Waals surface area contributed by atoms with Crippen molar-refractivity contribution in [3.05, 3.63) is 12.3 Å². The van der Waals surface area contributed by atoms with Gasteiger partial charge in [-0.1, -0.05) is 0 Å². The minimum absolute atomic E-state index is 0.125. The highest BCUT2D eigenvalue weighted by molar-refractivity contribution is 7.99. The number of carbonyl (C=O) groups is 1. The lowest BCUT2D eigenvalue weighted by molar-refractivity contribution is -0.132. The fourth-order valence-electron chi connectivity index (χ4n) is 2.84. The molecular weight excluding hydrogens is 288 g/mol. The molecule has 0 bridgehead atoms. The molecule has 0 saturated carbocycles. The van der Waals surface area contributed by atoms with E-state index in [1.807, 2.05) is 21.6 Å². The molecule has 2 fully saturated rings. The van der Waals surface area contributed by atoms with Gasteiger partial charge in [0.15, 0.2) is 0 Å². The van der Waals surface area contributed by atoms with Crippen LogP contribution in [0.4, 0.5) is 5.95 Å². The molecule has 6 nitrogen and oxygen atoms in total. The maximum absolute atomic E-state index is 12.7. The fraction of sp³-hybridized carbons (Fsp3) is 0.643. The summed E-state index contributed by atoms with van der Waals surface area (Å²) in [6.45, 7) is 2.53. The molecule has 2 saturated heterocycles. The van der Waals surface area contributed by atoms with Crippen LogP contribution in [0.15, 0.2) is 12.3 Å². The van der Waals surface area contributed by atoms with Crippen LogP contribution in [0.3, 0.4) is 0 Å². The molecule has 2 aliphatic rings. The number of hydrogen-bond donors (Lipinski definition) is 0. The summed E-state index contributed by atoms with van der Waals surface area (Å²) in [6.07, 6.45) is 3.56. The quantitative estimate of drug-likeness (QED) is 0.831. The van der Waals surface area contributed by atoms with Gasteiger partial charge in [-0.05, 0) is 12.8 Å². The van der Waals surface area contributed by atoms with Crippen LogP contribution < -0.4 is 9.64 Å². The van der Waals surface area contributed by atoms with E-state index < -0.39 is 0 Å². The van der Waals surface area contributed by atoms with Crippen molar-refractivity contribution in [3.63, 3.8) is 0 Å². The standard InChI is InChI=1S/C14H20N4O2S/c1-20-12-4-5-15-14(16-12)18-6-2-3-11(18)13(19)17-7-9-21-10-8-17/h4-5,11H,2-3,6-10H2,1H3/t11-/m0/s1. The Bertz CT molecular complexity index is 508. The number of aromatic nitrogens is 2. The molecule has 0 N–H and O–H groups in total. The van der Waals surface area contributed by atoms with Crippen molar-refractivity contribution in [2.75, 3.05) is 43.1 Å². The SMILES string of the molecule is COc1ccnc(N2CCC[C@H]2C(=O)N2CCSCC2)n1. The van der Waals surface area contributed by atoms with E-state index in [0.717, 1.165) is 44.0 Å². The Labute approximate surface area is 128 Å². The van der Waals surface area contributed by atoms with Crippen LogP contribution in [-0.2, 0) is 4.79 Å². The maximum Gasteiger partial charge on any atom is 0.245 e. The van der Waals surface area contributed by atoms with Crippen LogP contribution in [-0.4, -0.2) is 65.1 Å². The first-order valence-corrected chi connectivity index (χ1v) is 8.45. The Balaban J connectivity index is 1.76. The van der Waals surface area contributed by atoms with E-state index in [9.17, 15) is 4.79 Å². The first kappa shape index (κ1) is 14.4. The van der Waals surface area contributed by atoms with Crippen molar-refractivity contribution in [3.8, 4) is 5.88 Å². The Morgan fingerprint density at radius 1 is 1.38 bits per heavy atom. The molecule has 0 radical (unpaired) electrons. The average Bonchev–Trinajstić information content (AvgIpc) is 3.04. The van der Waals surface area contributed by atoms with Crippen LogP contribution in [0.1, 0.15) is 12.8 Å². The first-order valence-electron chi connectivity index (χ1n) is 7.30. The zero-order valence-corrected chi connectivity index (χ0v) is 13.0. The second kappa shape index (κ2) is 6.51. The normalized spacial score (nSPS) is 22.4. The summed E-state index contributed by atoms with van der Waals surface area (Å²) in [7, 11) is 1.59. The van der Waals surface area contributed by atoms with Crippen molar-refractivity contribution >= 4 is 23.6 Å². The van der Waals surface area contributed by atoms with E-state index in [1.54, 1.807) is 19.4 Å². The van der Waals surface area contributed by atoms with Crippen LogP contribution in [0.5, 0.6) is 5.88 Å². The molecule has 2 aliphatic heterocycles. The molecule has 0 spiro atoms. The predicted octanol–water partition coefficient (Wildman–Crippen LogP) is 1.03. The number of amides is 1. The van der Waals surface area contributed by atoms with Gasteiger partial charge in [-0.2, -0.15) is 16.7 Å². The highest BCUT2D eigenvalue weighted by Gasteiger charge is 2.35. The average molecular weight is 308 g/mol. The summed E-state index contributed by atoms with van der Waals surface area (Å²) in [5.41, 5.74) is 0. The van der Waals surface area contributed by atoms with Gasteiger partial charge in [-0.15, -0.1) is 0 Å². The van der Waals surface area contributed by atoms with Crippen molar-refractivity contribution in [1.82, 2.24) is 14.9 Å². The van der Waals surface area contributed by atoms with Gasteiger partial charge in [0.05, 0.1) is 7.11 Å². The number of hydrogen-bond acceptors (Lipinski definition) is 6. The highest BCUT2D eigenvalue weighted by atomic mass is 32.2. The number of anilines is 1. The molecule has 3 rings (SSSR count). The molecule has 1 aromatic rings. The number of carbonyl (C=O) groups excluding carboxylic acids is 1. The zero-order chi connectivity index (χ0) is 14.7. The third kappa shape index (κ3) is 3.07. The monoisotopic (exact) mass is 308 g/mol. The smallest absolute Gasteiger partial charge is 0.245 e. The molecule has 1 atom stereocenters.